The minimum atomic E-state index is -0.776. The lowest BCUT2D eigenvalue weighted by molar-refractivity contribution is -0.123. The molecule has 3 rings (SSSR count). The summed E-state index contributed by atoms with van der Waals surface area (Å²) in [5.74, 6) is -1.98. The molecule has 1 saturated carbocycles. The van der Waals surface area contributed by atoms with E-state index >= 15 is 0 Å². The van der Waals surface area contributed by atoms with Crippen molar-refractivity contribution in [1.29, 1.82) is 0 Å². The van der Waals surface area contributed by atoms with Crippen molar-refractivity contribution in [3.63, 3.8) is 0 Å². The predicted molar refractivity (Wildman–Crippen MR) is 115 cm³/mol. The quantitative estimate of drug-likeness (QED) is 0.533. The Morgan fingerprint density at radius 2 is 1.87 bits per heavy atom. The van der Waals surface area contributed by atoms with E-state index in [1.165, 1.54) is 12.5 Å². The zero-order valence-corrected chi connectivity index (χ0v) is 18.2. The molecule has 8 heteroatoms. The van der Waals surface area contributed by atoms with Crippen molar-refractivity contribution in [2.45, 2.75) is 71.4 Å². The summed E-state index contributed by atoms with van der Waals surface area (Å²) in [6, 6.07) is 1.90. The van der Waals surface area contributed by atoms with Crippen LogP contribution in [0.5, 0.6) is 0 Å². The van der Waals surface area contributed by atoms with Gasteiger partial charge < -0.3 is 10.6 Å². The molecule has 1 saturated heterocycles. The number of amides is 3. The van der Waals surface area contributed by atoms with Gasteiger partial charge in [0, 0.05) is 11.6 Å². The minimum Gasteiger partial charge on any atom is -0.373 e. The highest BCUT2D eigenvalue weighted by Gasteiger charge is 2.37. The summed E-state index contributed by atoms with van der Waals surface area (Å²) in [6.45, 7) is 5.16. The number of rotatable bonds is 5. The molecule has 2 aliphatic rings. The molecule has 1 aromatic rings. The van der Waals surface area contributed by atoms with E-state index in [1.807, 2.05) is 0 Å². The molecule has 1 unspecified atom stereocenters. The van der Waals surface area contributed by atoms with Crippen LogP contribution in [0.1, 0.15) is 59.3 Å². The molecule has 1 aromatic carbocycles. The van der Waals surface area contributed by atoms with E-state index in [-0.39, 0.29) is 34.8 Å². The highest BCUT2D eigenvalue weighted by atomic mass is 35.5. The van der Waals surface area contributed by atoms with Crippen LogP contribution in [-0.2, 0) is 14.4 Å². The molecule has 1 heterocycles. The van der Waals surface area contributed by atoms with Crippen molar-refractivity contribution >= 4 is 40.7 Å². The zero-order valence-electron chi connectivity index (χ0n) is 17.5. The first-order valence-electron chi connectivity index (χ1n) is 10.3. The van der Waals surface area contributed by atoms with Gasteiger partial charge in [0.2, 0.25) is 11.8 Å². The SMILES string of the molecule is CC(C)=C1CC(=O)N(c2cc(NC(C)C(=O)NC3CCCCC3)c(Cl)cc2F)C1=O. The molecule has 0 spiro atoms. The van der Waals surface area contributed by atoms with Crippen LogP contribution in [0.15, 0.2) is 23.3 Å². The number of halogens is 2. The molecule has 0 bridgehead atoms. The number of hydrogen-bond acceptors (Lipinski definition) is 4. The summed E-state index contributed by atoms with van der Waals surface area (Å²) in [5.41, 5.74) is 1.19. The third-order valence-corrected chi connectivity index (χ3v) is 5.95. The second kappa shape index (κ2) is 9.16. The molecule has 2 N–H and O–H groups in total. The summed E-state index contributed by atoms with van der Waals surface area (Å²) in [7, 11) is 0. The van der Waals surface area contributed by atoms with E-state index in [2.05, 4.69) is 10.6 Å². The molecule has 2 fully saturated rings. The Morgan fingerprint density at radius 1 is 1.20 bits per heavy atom. The van der Waals surface area contributed by atoms with Crippen molar-refractivity contribution in [3.8, 4) is 0 Å². The van der Waals surface area contributed by atoms with Crippen molar-refractivity contribution in [3.05, 3.63) is 34.1 Å². The number of hydrogen-bond donors (Lipinski definition) is 2. The van der Waals surface area contributed by atoms with E-state index in [9.17, 15) is 18.8 Å². The van der Waals surface area contributed by atoms with Gasteiger partial charge >= 0.3 is 0 Å². The first-order chi connectivity index (χ1) is 14.2. The smallest absolute Gasteiger partial charge is 0.261 e. The van der Waals surface area contributed by atoms with Gasteiger partial charge in [0.25, 0.3) is 5.91 Å². The van der Waals surface area contributed by atoms with Gasteiger partial charge in [-0.15, -0.1) is 0 Å². The Morgan fingerprint density at radius 3 is 2.47 bits per heavy atom. The normalized spacial score (nSPS) is 18.6. The third kappa shape index (κ3) is 4.67. The van der Waals surface area contributed by atoms with Crippen LogP contribution in [0.4, 0.5) is 15.8 Å². The van der Waals surface area contributed by atoms with Gasteiger partial charge in [-0.05, 0) is 45.7 Å². The summed E-state index contributed by atoms with van der Waals surface area (Å²) in [5, 5.41) is 6.08. The Balaban J connectivity index is 1.80. The lowest BCUT2D eigenvalue weighted by Crippen LogP contribution is -2.44. The summed E-state index contributed by atoms with van der Waals surface area (Å²) < 4.78 is 14.6. The summed E-state index contributed by atoms with van der Waals surface area (Å²) in [6.07, 6.45) is 5.26. The number of nitrogens with one attached hydrogen (secondary N) is 2. The van der Waals surface area contributed by atoms with Crippen LogP contribution < -0.4 is 15.5 Å². The highest BCUT2D eigenvalue weighted by molar-refractivity contribution is 6.34. The average molecular weight is 436 g/mol. The maximum absolute atomic E-state index is 14.6. The van der Waals surface area contributed by atoms with Gasteiger partial charge in [0.15, 0.2) is 0 Å². The standard InChI is InChI=1S/C22H27ClFN3O3/c1-12(2)15-9-20(28)27(22(15)30)19-11-18(16(23)10-17(19)24)25-13(3)21(29)26-14-7-5-4-6-8-14/h10-11,13-14,25H,4-9H2,1-3H3,(H,26,29). The van der Waals surface area contributed by atoms with Crippen LogP contribution in [0.2, 0.25) is 5.02 Å². The van der Waals surface area contributed by atoms with Gasteiger partial charge in [-0.25, -0.2) is 9.29 Å². The van der Waals surface area contributed by atoms with Gasteiger partial charge in [-0.3, -0.25) is 14.4 Å². The fourth-order valence-electron chi connectivity index (χ4n) is 3.88. The van der Waals surface area contributed by atoms with E-state index in [4.69, 9.17) is 11.6 Å². The van der Waals surface area contributed by atoms with Crippen LogP contribution in [0.25, 0.3) is 0 Å². The Kier molecular flexibility index (Phi) is 6.81. The van der Waals surface area contributed by atoms with E-state index in [0.717, 1.165) is 42.2 Å². The fourth-order valence-corrected chi connectivity index (χ4v) is 4.08. The second-order valence-corrected chi connectivity index (χ2v) is 8.59. The molecule has 0 radical (unpaired) electrons. The number of carbonyl (C=O) groups excluding carboxylic acids is 3. The topological polar surface area (TPSA) is 78.5 Å². The molecule has 0 aromatic heterocycles. The Hall–Kier alpha value is -2.41. The van der Waals surface area contributed by atoms with E-state index < -0.39 is 23.7 Å². The predicted octanol–water partition coefficient (Wildman–Crippen LogP) is 4.33. The first-order valence-corrected chi connectivity index (χ1v) is 10.7. The molecule has 30 heavy (non-hydrogen) atoms. The number of allylic oxidation sites excluding steroid dienone is 1. The molecular formula is C22H27ClFN3O3. The molecular weight excluding hydrogens is 409 g/mol. The second-order valence-electron chi connectivity index (χ2n) is 8.18. The van der Waals surface area contributed by atoms with Gasteiger partial charge in [0.1, 0.15) is 11.9 Å². The number of carbonyl (C=O) groups is 3. The fraction of sp³-hybridized carbons (Fsp3) is 0.500. The molecule has 1 atom stereocenters. The lowest BCUT2D eigenvalue weighted by Gasteiger charge is -2.25. The highest BCUT2D eigenvalue weighted by Crippen LogP contribution is 2.35. The van der Waals surface area contributed by atoms with Gasteiger partial charge in [-0.1, -0.05) is 36.4 Å². The van der Waals surface area contributed by atoms with Crippen molar-refractivity contribution in [1.82, 2.24) is 5.32 Å². The van der Waals surface area contributed by atoms with Crippen molar-refractivity contribution < 1.29 is 18.8 Å². The molecule has 3 amide bonds. The Bertz CT molecular complexity index is 905. The molecule has 1 aliphatic heterocycles. The van der Waals surface area contributed by atoms with Crippen LogP contribution >= 0.6 is 11.6 Å². The lowest BCUT2D eigenvalue weighted by atomic mass is 9.95. The van der Waals surface area contributed by atoms with Crippen LogP contribution in [0.3, 0.4) is 0 Å². The van der Waals surface area contributed by atoms with Crippen molar-refractivity contribution in [2.24, 2.45) is 0 Å². The number of anilines is 2. The zero-order chi connectivity index (χ0) is 22.0. The monoisotopic (exact) mass is 435 g/mol. The number of nitrogens with zero attached hydrogens (tertiary/aromatic N) is 1. The summed E-state index contributed by atoms with van der Waals surface area (Å²) in [4.78, 5) is 38.4. The van der Waals surface area contributed by atoms with Crippen LogP contribution in [0, 0.1) is 5.82 Å². The number of benzene rings is 1. The minimum absolute atomic E-state index is 0.0633. The maximum Gasteiger partial charge on any atom is 0.261 e. The molecule has 1 aliphatic carbocycles. The maximum atomic E-state index is 14.6. The first kappa shape index (κ1) is 22.3. The summed E-state index contributed by atoms with van der Waals surface area (Å²) >= 11 is 6.17. The van der Waals surface area contributed by atoms with E-state index in [1.54, 1.807) is 20.8 Å². The van der Waals surface area contributed by atoms with Crippen LogP contribution in [-0.4, -0.2) is 29.8 Å². The number of imide groups is 1. The largest absolute Gasteiger partial charge is 0.373 e. The van der Waals surface area contributed by atoms with Crippen molar-refractivity contribution in [2.75, 3.05) is 10.2 Å². The molecule has 162 valence electrons. The van der Waals surface area contributed by atoms with Gasteiger partial charge in [-0.2, -0.15) is 0 Å². The van der Waals surface area contributed by atoms with Gasteiger partial charge in [0.05, 0.1) is 22.8 Å². The molecule has 6 nitrogen and oxygen atoms in total. The third-order valence-electron chi connectivity index (χ3n) is 5.64. The average Bonchev–Trinajstić information content (AvgIpc) is 2.99. The Labute approximate surface area is 180 Å². The van der Waals surface area contributed by atoms with E-state index in [0.29, 0.717) is 5.57 Å².